The summed E-state index contributed by atoms with van der Waals surface area (Å²) >= 11 is 0. The molecule has 20 heavy (non-hydrogen) atoms. The fourth-order valence-electron chi connectivity index (χ4n) is 1.97. The number of hydrogen-bond acceptors (Lipinski definition) is 5. The van der Waals surface area contributed by atoms with Crippen molar-refractivity contribution in [2.45, 2.75) is 13.3 Å². The Labute approximate surface area is 119 Å². The second kappa shape index (κ2) is 8.50. The number of hydrogen-bond donors (Lipinski definition) is 1. The van der Waals surface area contributed by atoms with Crippen LogP contribution < -0.4 is 4.90 Å². The molecule has 0 atom stereocenters. The number of pyridine rings is 1. The number of rotatable bonds is 9. The highest BCUT2D eigenvalue weighted by atomic mass is 16.5. The molecule has 1 aromatic rings. The maximum absolute atomic E-state index is 11.4. The van der Waals surface area contributed by atoms with Crippen molar-refractivity contribution in [2.24, 2.45) is 0 Å². The number of methoxy groups -OCH3 is 2. The van der Waals surface area contributed by atoms with Gasteiger partial charge in [-0.15, -0.1) is 0 Å². The molecule has 0 aliphatic carbocycles. The molecule has 1 N–H and O–H groups in total. The van der Waals surface area contributed by atoms with Crippen LogP contribution in [0.2, 0.25) is 0 Å². The Morgan fingerprint density at radius 3 is 2.60 bits per heavy atom. The summed E-state index contributed by atoms with van der Waals surface area (Å²) in [7, 11) is 3.27. The van der Waals surface area contributed by atoms with E-state index in [1.165, 1.54) is 0 Å². The van der Waals surface area contributed by atoms with Crippen LogP contribution in [0.15, 0.2) is 12.3 Å². The molecule has 0 saturated heterocycles. The summed E-state index contributed by atoms with van der Waals surface area (Å²) < 4.78 is 10.1. The molecule has 0 unspecified atom stereocenters. The molecular formula is C14H22N2O4. The fraction of sp³-hybridized carbons (Fsp3) is 0.571. The van der Waals surface area contributed by atoms with Crippen LogP contribution in [-0.2, 0) is 9.47 Å². The normalized spacial score (nSPS) is 10.6. The van der Waals surface area contributed by atoms with E-state index in [9.17, 15) is 9.90 Å². The SMILES string of the molecule is COCCCN(CCOC)c1nccc(C)c1C(=O)O. The van der Waals surface area contributed by atoms with Crippen LogP contribution in [0.4, 0.5) is 5.82 Å². The summed E-state index contributed by atoms with van der Waals surface area (Å²) in [6, 6.07) is 1.70. The largest absolute Gasteiger partial charge is 0.478 e. The first kappa shape index (κ1) is 16.4. The number of carbonyl (C=O) groups is 1. The molecule has 0 fully saturated rings. The number of anilines is 1. The third-order valence-corrected chi connectivity index (χ3v) is 2.99. The Morgan fingerprint density at radius 1 is 1.30 bits per heavy atom. The highest BCUT2D eigenvalue weighted by Crippen LogP contribution is 2.21. The van der Waals surface area contributed by atoms with Crippen LogP contribution in [0.1, 0.15) is 22.3 Å². The third kappa shape index (κ3) is 4.47. The zero-order valence-electron chi connectivity index (χ0n) is 12.3. The van der Waals surface area contributed by atoms with Crippen molar-refractivity contribution in [2.75, 3.05) is 45.4 Å². The lowest BCUT2D eigenvalue weighted by Crippen LogP contribution is -2.31. The van der Waals surface area contributed by atoms with Crippen molar-refractivity contribution in [1.29, 1.82) is 0 Å². The minimum absolute atomic E-state index is 0.251. The Morgan fingerprint density at radius 2 is 2.00 bits per heavy atom. The number of aryl methyl sites for hydroxylation is 1. The highest BCUT2D eigenvalue weighted by Gasteiger charge is 2.19. The second-order valence-electron chi connectivity index (χ2n) is 4.46. The Hall–Kier alpha value is -1.66. The summed E-state index contributed by atoms with van der Waals surface area (Å²) in [5, 5.41) is 9.37. The predicted octanol–water partition coefficient (Wildman–Crippen LogP) is 1.58. The summed E-state index contributed by atoms with van der Waals surface area (Å²) in [6.45, 7) is 4.18. The average molecular weight is 282 g/mol. The molecule has 0 saturated carbocycles. The maximum atomic E-state index is 11.4. The van der Waals surface area contributed by atoms with Gasteiger partial charge in [0, 0.05) is 40.1 Å². The number of carboxylic acids is 1. The quantitative estimate of drug-likeness (QED) is 0.693. The number of nitrogens with zero attached hydrogens (tertiary/aromatic N) is 2. The van der Waals surface area contributed by atoms with E-state index in [-0.39, 0.29) is 5.56 Å². The van der Waals surface area contributed by atoms with Crippen molar-refractivity contribution in [3.8, 4) is 0 Å². The predicted molar refractivity (Wildman–Crippen MR) is 76.5 cm³/mol. The molecule has 0 spiro atoms. The van der Waals surface area contributed by atoms with E-state index in [1.807, 2.05) is 4.90 Å². The lowest BCUT2D eigenvalue weighted by atomic mass is 10.1. The van der Waals surface area contributed by atoms with Crippen molar-refractivity contribution in [3.63, 3.8) is 0 Å². The molecule has 0 aromatic carbocycles. The van der Waals surface area contributed by atoms with Gasteiger partial charge < -0.3 is 19.5 Å². The third-order valence-electron chi connectivity index (χ3n) is 2.99. The van der Waals surface area contributed by atoms with Gasteiger partial charge in [-0.25, -0.2) is 9.78 Å². The van der Waals surface area contributed by atoms with Gasteiger partial charge in [-0.3, -0.25) is 0 Å². The number of ether oxygens (including phenoxy) is 2. The van der Waals surface area contributed by atoms with E-state index in [0.29, 0.717) is 37.7 Å². The van der Waals surface area contributed by atoms with Crippen LogP contribution in [-0.4, -0.2) is 56.6 Å². The second-order valence-corrected chi connectivity index (χ2v) is 4.46. The minimum Gasteiger partial charge on any atom is -0.478 e. The van der Waals surface area contributed by atoms with Crippen LogP contribution in [0.5, 0.6) is 0 Å². The fourth-order valence-corrected chi connectivity index (χ4v) is 1.97. The zero-order valence-corrected chi connectivity index (χ0v) is 12.3. The van der Waals surface area contributed by atoms with E-state index in [4.69, 9.17) is 9.47 Å². The number of aromatic nitrogens is 1. The van der Waals surface area contributed by atoms with E-state index < -0.39 is 5.97 Å². The molecule has 0 amide bonds. The highest BCUT2D eigenvalue weighted by molar-refractivity contribution is 5.94. The van der Waals surface area contributed by atoms with Crippen LogP contribution in [0.3, 0.4) is 0 Å². The first-order chi connectivity index (χ1) is 9.61. The Kier molecular flexibility index (Phi) is 6.97. The van der Waals surface area contributed by atoms with Crippen molar-refractivity contribution in [1.82, 2.24) is 4.98 Å². The summed E-state index contributed by atoms with van der Waals surface area (Å²) in [5.74, 6) is -0.467. The van der Waals surface area contributed by atoms with Crippen molar-refractivity contribution in [3.05, 3.63) is 23.4 Å². The average Bonchev–Trinajstić information content (AvgIpc) is 2.42. The smallest absolute Gasteiger partial charge is 0.339 e. The Balaban J connectivity index is 2.99. The molecule has 1 aromatic heterocycles. The van der Waals surface area contributed by atoms with Gasteiger partial charge in [0.1, 0.15) is 11.4 Å². The molecule has 0 aliphatic heterocycles. The first-order valence-electron chi connectivity index (χ1n) is 6.53. The molecule has 0 radical (unpaired) electrons. The maximum Gasteiger partial charge on any atom is 0.339 e. The van der Waals surface area contributed by atoms with E-state index in [1.54, 1.807) is 33.4 Å². The number of carboxylic acid groups (broad SMARTS) is 1. The van der Waals surface area contributed by atoms with Crippen LogP contribution in [0.25, 0.3) is 0 Å². The van der Waals surface area contributed by atoms with E-state index >= 15 is 0 Å². The molecule has 0 bridgehead atoms. The van der Waals surface area contributed by atoms with E-state index in [0.717, 1.165) is 6.42 Å². The van der Waals surface area contributed by atoms with Crippen LogP contribution >= 0.6 is 0 Å². The van der Waals surface area contributed by atoms with Gasteiger partial charge in [-0.1, -0.05) is 0 Å². The van der Waals surface area contributed by atoms with E-state index in [2.05, 4.69) is 4.98 Å². The summed E-state index contributed by atoms with van der Waals surface area (Å²) in [5.41, 5.74) is 0.956. The molecule has 1 rings (SSSR count). The monoisotopic (exact) mass is 282 g/mol. The lowest BCUT2D eigenvalue weighted by molar-refractivity contribution is 0.0696. The lowest BCUT2D eigenvalue weighted by Gasteiger charge is -2.25. The topological polar surface area (TPSA) is 71.9 Å². The van der Waals surface area contributed by atoms with Gasteiger partial charge in [0.15, 0.2) is 0 Å². The zero-order chi connectivity index (χ0) is 15.0. The Bertz CT molecular complexity index is 437. The molecule has 0 aliphatic rings. The molecule has 6 heteroatoms. The van der Waals surface area contributed by atoms with Gasteiger partial charge >= 0.3 is 5.97 Å². The van der Waals surface area contributed by atoms with Crippen molar-refractivity contribution >= 4 is 11.8 Å². The summed E-state index contributed by atoms with van der Waals surface area (Å²) in [6.07, 6.45) is 2.43. The van der Waals surface area contributed by atoms with Gasteiger partial charge in [-0.05, 0) is 25.0 Å². The van der Waals surface area contributed by atoms with Crippen LogP contribution in [0, 0.1) is 6.92 Å². The minimum atomic E-state index is -0.959. The standard InChI is InChI=1S/C14H22N2O4/c1-11-5-6-15-13(12(11)14(17)18)16(8-10-20-3)7-4-9-19-2/h5-6H,4,7-10H2,1-3H3,(H,17,18). The van der Waals surface area contributed by atoms with Gasteiger partial charge in [0.05, 0.1) is 6.61 Å². The molecule has 112 valence electrons. The molecular weight excluding hydrogens is 260 g/mol. The van der Waals surface area contributed by atoms with Gasteiger partial charge in [0.25, 0.3) is 0 Å². The number of aromatic carboxylic acids is 1. The first-order valence-corrected chi connectivity index (χ1v) is 6.53. The van der Waals surface area contributed by atoms with Gasteiger partial charge in [-0.2, -0.15) is 0 Å². The molecule has 1 heterocycles. The molecule has 6 nitrogen and oxygen atoms in total. The summed E-state index contributed by atoms with van der Waals surface area (Å²) in [4.78, 5) is 17.6. The van der Waals surface area contributed by atoms with Gasteiger partial charge in [0.2, 0.25) is 0 Å². The van der Waals surface area contributed by atoms with Crippen molar-refractivity contribution < 1.29 is 19.4 Å².